The summed E-state index contributed by atoms with van der Waals surface area (Å²) in [6.07, 6.45) is 0.432. The number of nitrogens with one attached hydrogen (secondary N) is 1. The van der Waals surface area contributed by atoms with Crippen LogP contribution in [0, 0.1) is 0 Å². The molecule has 8 heteroatoms. The number of aliphatic hydroxyl groups excluding tert-OH is 1. The van der Waals surface area contributed by atoms with Crippen LogP contribution in [0.5, 0.6) is 0 Å². The van der Waals surface area contributed by atoms with Crippen LogP contribution in [0.4, 0.5) is 0 Å². The van der Waals surface area contributed by atoms with Gasteiger partial charge in [0.05, 0.1) is 11.4 Å². The molecular weight excluding hydrogens is 316 g/mol. The van der Waals surface area contributed by atoms with E-state index in [4.69, 9.17) is 16.7 Å². The Balaban J connectivity index is 2.78. The molecule has 0 saturated heterocycles. The zero-order chi connectivity index (χ0) is 15.9. The van der Waals surface area contributed by atoms with Crippen LogP contribution >= 0.6 is 11.6 Å². The summed E-state index contributed by atoms with van der Waals surface area (Å²) in [6, 6.07) is 5.79. The molecule has 0 saturated carbocycles. The number of amides is 1. The highest BCUT2D eigenvalue weighted by molar-refractivity contribution is 7.89. The zero-order valence-corrected chi connectivity index (χ0v) is 13.3. The summed E-state index contributed by atoms with van der Waals surface area (Å²) in [7, 11) is -3.73. The van der Waals surface area contributed by atoms with Crippen LogP contribution in [0.3, 0.4) is 0 Å². The number of halogens is 1. The van der Waals surface area contributed by atoms with Crippen molar-refractivity contribution in [3.05, 3.63) is 29.3 Å². The smallest absolute Gasteiger partial charge is 0.243 e. The molecule has 1 aromatic carbocycles. The summed E-state index contributed by atoms with van der Waals surface area (Å²) >= 11 is 5.74. The van der Waals surface area contributed by atoms with E-state index < -0.39 is 15.9 Å². The molecule has 1 rings (SSSR count). The highest BCUT2D eigenvalue weighted by Gasteiger charge is 2.24. The molecule has 21 heavy (non-hydrogen) atoms. The van der Waals surface area contributed by atoms with E-state index in [1.165, 1.54) is 24.3 Å². The van der Waals surface area contributed by atoms with E-state index in [1.54, 1.807) is 6.92 Å². The van der Waals surface area contributed by atoms with Crippen molar-refractivity contribution in [1.82, 2.24) is 9.62 Å². The lowest BCUT2D eigenvalue weighted by atomic mass is 10.4. The van der Waals surface area contributed by atoms with Gasteiger partial charge in [0.15, 0.2) is 0 Å². The van der Waals surface area contributed by atoms with E-state index in [9.17, 15) is 13.2 Å². The molecule has 1 amide bonds. The van der Waals surface area contributed by atoms with Crippen LogP contribution in [0.1, 0.15) is 13.3 Å². The van der Waals surface area contributed by atoms with Gasteiger partial charge in [-0.05, 0) is 30.7 Å². The largest absolute Gasteiger partial charge is 0.396 e. The lowest BCUT2D eigenvalue weighted by molar-refractivity contribution is -0.121. The van der Waals surface area contributed by atoms with Gasteiger partial charge in [0.25, 0.3) is 0 Å². The first-order chi connectivity index (χ1) is 9.91. The van der Waals surface area contributed by atoms with E-state index in [-0.39, 0.29) is 24.6 Å². The Labute approximate surface area is 129 Å². The van der Waals surface area contributed by atoms with E-state index in [0.29, 0.717) is 18.0 Å². The lowest BCUT2D eigenvalue weighted by Crippen LogP contribution is -2.40. The maximum atomic E-state index is 12.4. The maximum Gasteiger partial charge on any atom is 0.243 e. The fourth-order valence-corrected chi connectivity index (χ4v) is 3.18. The third kappa shape index (κ3) is 5.28. The zero-order valence-electron chi connectivity index (χ0n) is 11.8. The summed E-state index contributed by atoms with van der Waals surface area (Å²) in [6.45, 7) is 1.87. The number of likely N-dealkylation sites (N-methyl/N-ethyl adjacent to an activating group) is 1. The summed E-state index contributed by atoms with van der Waals surface area (Å²) in [5, 5.41) is 11.6. The van der Waals surface area contributed by atoms with Crippen LogP contribution in [0.25, 0.3) is 0 Å². The van der Waals surface area contributed by atoms with Crippen LogP contribution < -0.4 is 5.32 Å². The summed E-state index contributed by atoms with van der Waals surface area (Å²) in [5.41, 5.74) is 0. The van der Waals surface area contributed by atoms with E-state index >= 15 is 0 Å². The second kappa shape index (κ2) is 8.33. The van der Waals surface area contributed by atoms with E-state index in [0.717, 1.165) is 4.31 Å². The second-order valence-electron chi connectivity index (χ2n) is 4.31. The van der Waals surface area contributed by atoms with Crippen molar-refractivity contribution in [1.29, 1.82) is 0 Å². The lowest BCUT2D eigenvalue weighted by Gasteiger charge is -2.20. The third-order valence-electron chi connectivity index (χ3n) is 2.78. The van der Waals surface area contributed by atoms with Gasteiger partial charge in [-0.1, -0.05) is 18.5 Å². The number of nitrogens with zero attached hydrogens (tertiary/aromatic N) is 1. The van der Waals surface area contributed by atoms with Crippen molar-refractivity contribution in [3.63, 3.8) is 0 Å². The normalized spacial score (nSPS) is 11.6. The number of rotatable bonds is 8. The fourth-order valence-electron chi connectivity index (χ4n) is 1.65. The molecule has 0 atom stereocenters. The van der Waals surface area contributed by atoms with Gasteiger partial charge in [-0.15, -0.1) is 0 Å². The Hall–Kier alpha value is -1.15. The first-order valence-corrected chi connectivity index (χ1v) is 8.37. The molecule has 1 aromatic rings. The van der Waals surface area contributed by atoms with Gasteiger partial charge < -0.3 is 10.4 Å². The number of benzene rings is 1. The third-order valence-corrected chi connectivity index (χ3v) is 4.97. The molecule has 0 spiro atoms. The highest BCUT2D eigenvalue weighted by Crippen LogP contribution is 2.18. The summed E-state index contributed by atoms with van der Waals surface area (Å²) < 4.78 is 25.9. The van der Waals surface area contributed by atoms with Gasteiger partial charge >= 0.3 is 0 Å². The molecule has 0 unspecified atom stereocenters. The van der Waals surface area contributed by atoms with Gasteiger partial charge in [0.2, 0.25) is 15.9 Å². The monoisotopic (exact) mass is 334 g/mol. The molecule has 118 valence electrons. The predicted octanol–water partition coefficient (Wildman–Crippen LogP) is 0.849. The Morgan fingerprint density at radius 3 is 2.48 bits per heavy atom. The van der Waals surface area contributed by atoms with Gasteiger partial charge in [-0.3, -0.25) is 4.79 Å². The average Bonchev–Trinajstić information content (AvgIpc) is 2.45. The van der Waals surface area contributed by atoms with Crippen LogP contribution in [-0.2, 0) is 14.8 Å². The number of aliphatic hydroxyl groups is 1. The molecule has 0 aromatic heterocycles. The molecule has 0 bridgehead atoms. The van der Waals surface area contributed by atoms with Gasteiger partial charge in [-0.2, -0.15) is 4.31 Å². The molecule has 0 heterocycles. The molecule has 2 N–H and O–H groups in total. The topological polar surface area (TPSA) is 86.7 Å². The Morgan fingerprint density at radius 2 is 1.95 bits per heavy atom. The Bertz CT molecular complexity index is 560. The van der Waals surface area contributed by atoms with Crippen molar-refractivity contribution in [2.75, 3.05) is 26.2 Å². The van der Waals surface area contributed by atoms with Crippen LogP contribution in [0.15, 0.2) is 29.2 Å². The minimum atomic E-state index is -3.73. The molecule has 0 aliphatic carbocycles. The average molecular weight is 335 g/mol. The van der Waals surface area contributed by atoms with Gasteiger partial charge in [0.1, 0.15) is 0 Å². The Morgan fingerprint density at radius 1 is 1.33 bits per heavy atom. The first-order valence-electron chi connectivity index (χ1n) is 6.55. The van der Waals surface area contributed by atoms with Crippen LogP contribution in [0.2, 0.25) is 5.02 Å². The second-order valence-corrected chi connectivity index (χ2v) is 6.69. The molecular formula is C13H19ClN2O4S. The molecule has 0 fully saturated rings. The number of hydrogen-bond acceptors (Lipinski definition) is 4. The molecule has 0 radical (unpaired) electrons. The maximum absolute atomic E-state index is 12.4. The van der Waals surface area contributed by atoms with Crippen molar-refractivity contribution >= 4 is 27.5 Å². The van der Waals surface area contributed by atoms with Crippen molar-refractivity contribution in [2.45, 2.75) is 18.2 Å². The first kappa shape index (κ1) is 17.9. The van der Waals surface area contributed by atoms with E-state index in [1.807, 2.05) is 0 Å². The highest BCUT2D eigenvalue weighted by atomic mass is 35.5. The molecule has 6 nitrogen and oxygen atoms in total. The quantitative estimate of drug-likeness (QED) is 0.690. The Kier molecular flexibility index (Phi) is 7.10. The van der Waals surface area contributed by atoms with Gasteiger partial charge in [-0.25, -0.2) is 8.42 Å². The van der Waals surface area contributed by atoms with Crippen molar-refractivity contribution in [2.24, 2.45) is 0 Å². The fraction of sp³-hybridized carbons (Fsp3) is 0.462. The number of carbonyl (C=O) groups excluding carboxylic acids is 1. The molecule has 0 aliphatic rings. The van der Waals surface area contributed by atoms with E-state index in [2.05, 4.69) is 5.32 Å². The van der Waals surface area contributed by atoms with Crippen LogP contribution in [-0.4, -0.2) is 50.0 Å². The minimum absolute atomic E-state index is 0.0269. The summed E-state index contributed by atoms with van der Waals surface area (Å²) in [4.78, 5) is 11.8. The number of sulfonamides is 1. The number of carbonyl (C=O) groups is 1. The summed E-state index contributed by atoms with van der Waals surface area (Å²) in [5.74, 6) is -0.400. The predicted molar refractivity (Wildman–Crippen MR) is 80.6 cm³/mol. The van der Waals surface area contributed by atoms with Gasteiger partial charge in [0, 0.05) is 24.7 Å². The minimum Gasteiger partial charge on any atom is -0.396 e. The standard InChI is InChI=1S/C13H19ClN2O4S/c1-2-16(10-13(18)15-8-3-9-17)21(19,20)12-6-4-11(14)5-7-12/h4-7,17H,2-3,8-10H2,1H3,(H,15,18). The number of hydrogen-bond donors (Lipinski definition) is 2. The van der Waals surface area contributed by atoms with Crippen molar-refractivity contribution < 1.29 is 18.3 Å². The SMILES string of the molecule is CCN(CC(=O)NCCCO)S(=O)(=O)c1ccc(Cl)cc1. The molecule has 0 aliphatic heterocycles. The van der Waals surface area contributed by atoms with Crippen molar-refractivity contribution in [3.8, 4) is 0 Å².